The Morgan fingerprint density at radius 2 is 2.21 bits per heavy atom. The van der Waals surface area contributed by atoms with E-state index >= 15 is 0 Å². The lowest BCUT2D eigenvalue weighted by Gasteiger charge is -2.23. The number of amides is 1. The smallest absolute Gasteiger partial charge is 0.311 e. The second kappa shape index (κ2) is 6.16. The number of hydrogen-bond acceptors (Lipinski definition) is 4. The SMILES string of the molecule is O=C(Cc1ccc([N+](=O)[O-])cc1Br)N1C[C@@H]2CCC[C@@]2(C(=O)O)C1. The molecule has 1 heterocycles. The summed E-state index contributed by atoms with van der Waals surface area (Å²) in [5, 5.41) is 20.3. The van der Waals surface area contributed by atoms with Gasteiger partial charge in [0.25, 0.3) is 5.69 Å². The van der Waals surface area contributed by atoms with E-state index in [0.717, 1.165) is 12.8 Å². The highest BCUT2D eigenvalue weighted by Crippen LogP contribution is 2.49. The van der Waals surface area contributed by atoms with Crippen molar-refractivity contribution in [3.63, 3.8) is 0 Å². The van der Waals surface area contributed by atoms with Gasteiger partial charge in [-0.25, -0.2) is 0 Å². The first-order valence-electron chi connectivity index (χ1n) is 7.77. The van der Waals surface area contributed by atoms with E-state index in [0.29, 0.717) is 23.0 Å². The van der Waals surface area contributed by atoms with Gasteiger partial charge in [0.1, 0.15) is 0 Å². The summed E-state index contributed by atoms with van der Waals surface area (Å²) in [7, 11) is 0. The molecule has 128 valence electrons. The van der Waals surface area contributed by atoms with Crippen LogP contribution in [-0.2, 0) is 16.0 Å². The molecule has 3 rings (SSSR count). The number of rotatable bonds is 4. The first kappa shape index (κ1) is 16.9. The molecular formula is C16H17BrN2O5. The van der Waals surface area contributed by atoms with E-state index < -0.39 is 16.3 Å². The fraction of sp³-hybridized carbons (Fsp3) is 0.500. The Morgan fingerprint density at radius 1 is 1.46 bits per heavy atom. The minimum atomic E-state index is -0.809. The summed E-state index contributed by atoms with van der Waals surface area (Å²) in [6.45, 7) is 0.742. The number of hydrogen-bond donors (Lipinski definition) is 1. The van der Waals surface area contributed by atoms with Crippen LogP contribution in [0.2, 0.25) is 0 Å². The van der Waals surface area contributed by atoms with Crippen LogP contribution in [0.5, 0.6) is 0 Å². The predicted octanol–water partition coefficient (Wildman–Crippen LogP) is 2.61. The summed E-state index contributed by atoms with van der Waals surface area (Å²) in [5.74, 6) is -0.921. The molecule has 1 aliphatic heterocycles. The zero-order valence-electron chi connectivity index (χ0n) is 12.9. The number of nitro groups is 1. The number of carboxylic acids is 1. The zero-order chi connectivity index (χ0) is 17.5. The van der Waals surface area contributed by atoms with Gasteiger partial charge in [-0.3, -0.25) is 19.7 Å². The molecule has 1 aromatic carbocycles. The maximum absolute atomic E-state index is 12.6. The highest BCUT2D eigenvalue weighted by atomic mass is 79.9. The molecule has 0 bridgehead atoms. The predicted molar refractivity (Wildman–Crippen MR) is 88.5 cm³/mol. The highest BCUT2D eigenvalue weighted by Gasteiger charge is 2.55. The van der Waals surface area contributed by atoms with Crippen molar-refractivity contribution in [2.75, 3.05) is 13.1 Å². The number of halogens is 1. The van der Waals surface area contributed by atoms with Gasteiger partial charge in [0.15, 0.2) is 0 Å². The summed E-state index contributed by atoms with van der Waals surface area (Å²) in [6.07, 6.45) is 2.46. The van der Waals surface area contributed by atoms with Gasteiger partial charge in [-0.05, 0) is 24.3 Å². The number of fused-ring (bicyclic) bond motifs is 1. The monoisotopic (exact) mass is 396 g/mol. The van der Waals surface area contributed by atoms with Crippen LogP contribution < -0.4 is 0 Å². The summed E-state index contributed by atoms with van der Waals surface area (Å²) >= 11 is 3.27. The van der Waals surface area contributed by atoms with Gasteiger partial charge in [0.2, 0.25) is 5.91 Å². The lowest BCUT2D eigenvalue weighted by molar-refractivity contribution is -0.384. The molecule has 24 heavy (non-hydrogen) atoms. The lowest BCUT2D eigenvalue weighted by Crippen LogP contribution is -2.37. The Kier molecular flexibility index (Phi) is 4.33. The van der Waals surface area contributed by atoms with E-state index in [9.17, 15) is 24.8 Å². The third-order valence-electron chi connectivity index (χ3n) is 5.24. The fourth-order valence-corrected chi connectivity index (χ4v) is 4.40. The third kappa shape index (κ3) is 2.79. The van der Waals surface area contributed by atoms with Gasteiger partial charge in [0.05, 0.1) is 16.8 Å². The topological polar surface area (TPSA) is 101 Å². The van der Waals surface area contributed by atoms with Crippen LogP contribution in [0.1, 0.15) is 24.8 Å². The number of aliphatic carboxylic acids is 1. The Balaban J connectivity index is 1.73. The van der Waals surface area contributed by atoms with Crippen molar-refractivity contribution in [2.24, 2.45) is 11.3 Å². The normalized spacial score (nSPS) is 25.5. The molecule has 7 nitrogen and oxygen atoms in total. The molecule has 0 radical (unpaired) electrons. The largest absolute Gasteiger partial charge is 0.481 e. The van der Waals surface area contributed by atoms with Gasteiger partial charge in [0, 0.05) is 29.7 Å². The number of nitrogens with zero attached hydrogens (tertiary/aromatic N) is 2. The molecule has 0 aromatic heterocycles. The number of carbonyl (C=O) groups is 2. The molecule has 1 saturated heterocycles. The molecule has 0 spiro atoms. The standard InChI is InChI=1S/C16H17BrN2O5/c17-13-7-12(19(23)24)4-3-10(13)6-14(20)18-8-11-2-1-5-16(11,9-18)15(21)22/h3-4,7,11H,1-2,5-6,8-9H2,(H,21,22)/t11-,16+/m0/s1. The second-order valence-electron chi connectivity index (χ2n) is 6.53. The van der Waals surface area contributed by atoms with E-state index in [1.165, 1.54) is 12.1 Å². The lowest BCUT2D eigenvalue weighted by atomic mass is 9.81. The van der Waals surface area contributed by atoms with E-state index in [4.69, 9.17) is 0 Å². The maximum Gasteiger partial charge on any atom is 0.311 e. The number of non-ortho nitro benzene ring substituents is 1. The van der Waals surface area contributed by atoms with Crippen LogP contribution in [-0.4, -0.2) is 39.9 Å². The van der Waals surface area contributed by atoms with Gasteiger partial charge in [-0.2, -0.15) is 0 Å². The molecule has 2 atom stereocenters. The van der Waals surface area contributed by atoms with Crippen molar-refractivity contribution in [3.05, 3.63) is 38.3 Å². The van der Waals surface area contributed by atoms with Gasteiger partial charge >= 0.3 is 5.97 Å². The van der Waals surface area contributed by atoms with Crippen LogP contribution in [0.3, 0.4) is 0 Å². The summed E-state index contributed by atoms with van der Waals surface area (Å²) < 4.78 is 0.511. The van der Waals surface area contributed by atoms with E-state index in [2.05, 4.69) is 15.9 Å². The molecule has 0 unspecified atom stereocenters. The Hall–Kier alpha value is -1.96. The van der Waals surface area contributed by atoms with Crippen LogP contribution >= 0.6 is 15.9 Å². The Bertz CT molecular complexity index is 722. The fourth-order valence-electron chi connectivity index (χ4n) is 3.90. The minimum absolute atomic E-state index is 0.0271. The van der Waals surface area contributed by atoms with E-state index in [1.807, 2.05) is 0 Å². The number of likely N-dealkylation sites (tertiary alicyclic amines) is 1. The highest BCUT2D eigenvalue weighted by molar-refractivity contribution is 9.10. The molecule has 1 saturated carbocycles. The van der Waals surface area contributed by atoms with Gasteiger partial charge in [-0.15, -0.1) is 0 Å². The van der Waals surface area contributed by atoms with Crippen molar-refractivity contribution < 1.29 is 19.6 Å². The number of benzene rings is 1. The van der Waals surface area contributed by atoms with Crippen LogP contribution in [0.15, 0.2) is 22.7 Å². The third-order valence-corrected chi connectivity index (χ3v) is 5.98. The zero-order valence-corrected chi connectivity index (χ0v) is 14.5. The summed E-state index contributed by atoms with van der Waals surface area (Å²) in [5.41, 5.74) is -0.173. The van der Waals surface area contributed by atoms with Gasteiger partial charge in [-0.1, -0.05) is 28.4 Å². The first-order chi connectivity index (χ1) is 11.3. The molecule has 1 aromatic rings. The molecule has 1 aliphatic carbocycles. The minimum Gasteiger partial charge on any atom is -0.481 e. The molecular weight excluding hydrogens is 380 g/mol. The quantitative estimate of drug-likeness (QED) is 0.622. The van der Waals surface area contributed by atoms with Crippen molar-refractivity contribution >= 4 is 33.5 Å². The van der Waals surface area contributed by atoms with Crippen LogP contribution in [0.25, 0.3) is 0 Å². The average Bonchev–Trinajstić information content (AvgIpc) is 3.07. The molecule has 2 aliphatic rings. The van der Waals surface area contributed by atoms with Crippen LogP contribution in [0.4, 0.5) is 5.69 Å². The Morgan fingerprint density at radius 3 is 2.79 bits per heavy atom. The van der Waals surface area contributed by atoms with E-state index in [1.54, 1.807) is 11.0 Å². The van der Waals surface area contributed by atoms with Crippen molar-refractivity contribution in [3.8, 4) is 0 Å². The summed E-state index contributed by atoms with van der Waals surface area (Å²) in [4.78, 5) is 36.1. The van der Waals surface area contributed by atoms with Gasteiger partial charge < -0.3 is 10.0 Å². The first-order valence-corrected chi connectivity index (χ1v) is 8.57. The summed E-state index contributed by atoms with van der Waals surface area (Å²) in [6, 6.07) is 4.30. The van der Waals surface area contributed by atoms with E-state index in [-0.39, 0.29) is 30.5 Å². The van der Waals surface area contributed by atoms with Crippen molar-refractivity contribution in [1.82, 2.24) is 4.90 Å². The Labute approximate surface area is 146 Å². The molecule has 8 heteroatoms. The van der Waals surface area contributed by atoms with Crippen molar-refractivity contribution in [2.45, 2.75) is 25.7 Å². The molecule has 1 amide bonds. The number of carbonyl (C=O) groups excluding carboxylic acids is 1. The maximum atomic E-state index is 12.6. The number of carboxylic acid groups (broad SMARTS) is 1. The number of nitro benzene ring substituents is 1. The van der Waals surface area contributed by atoms with Crippen molar-refractivity contribution in [1.29, 1.82) is 0 Å². The van der Waals surface area contributed by atoms with Crippen LogP contribution in [0, 0.1) is 21.4 Å². The average molecular weight is 397 g/mol. The molecule has 2 fully saturated rings. The molecule has 1 N–H and O–H groups in total. The second-order valence-corrected chi connectivity index (χ2v) is 7.39.